The average molecular weight is 249 g/mol. The van der Waals surface area contributed by atoms with Crippen molar-refractivity contribution in [2.45, 2.75) is 39.3 Å². The molecule has 0 fully saturated rings. The van der Waals surface area contributed by atoms with Crippen molar-refractivity contribution in [1.29, 1.82) is 0 Å². The van der Waals surface area contributed by atoms with Gasteiger partial charge in [-0.05, 0) is 13.3 Å². The highest BCUT2D eigenvalue weighted by Gasteiger charge is 2.18. The summed E-state index contributed by atoms with van der Waals surface area (Å²) in [6.07, 6.45) is 4.09. The van der Waals surface area contributed by atoms with Crippen LogP contribution in [-0.4, -0.2) is 29.7 Å². The molecule has 2 aromatic rings. The molecular formula is C12H19N5O. The molecule has 1 N–H and O–H groups in total. The summed E-state index contributed by atoms with van der Waals surface area (Å²) < 4.78 is 3.53. The van der Waals surface area contributed by atoms with Gasteiger partial charge in [-0.15, -0.1) is 0 Å². The first kappa shape index (κ1) is 12.8. The lowest BCUT2D eigenvalue weighted by Gasteiger charge is -2.10. The Labute approximate surface area is 106 Å². The lowest BCUT2D eigenvalue weighted by atomic mass is 10.1. The molecule has 6 nitrogen and oxygen atoms in total. The van der Waals surface area contributed by atoms with Crippen LogP contribution in [0.15, 0.2) is 12.5 Å². The lowest BCUT2D eigenvalue weighted by molar-refractivity contribution is 0.173. The van der Waals surface area contributed by atoms with Crippen LogP contribution in [0.25, 0.3) is 0 Å². The maximum Gasteiger partial charge on any atom is 0.138 e. The van der Waals surface area contributed by atoms with Crippen LogP contribution < -0.4 is 0 Å². The first-order valence-electron chi connectivity index (χ1n) is 6.22. The Hall–Kier alpha value is -1.69. The Bertz CT molecular complexity index is 516. The molecule has 0 bridgehead atoms. The molecule has 2 aromatic heterocycles. The summed E-state index contributed by atoms with van der Waals surface area (Å²) in [5.41, 5.74) is 1.82. The van der Waals surface area contributed by atoms with E-state index in [9.17, 15) is 5.11 Å². The predicted molar refractivity (Wildman–Crippen MR) is 66.9 cm³/mol. The Morgan fingerprint density at radius 1 is 1.39 bits per heavy atom. The third-order valence-corrected chi connectivity index (χ3v) is 3.00. The minimum Gasteiger partial charge on any atom is -0.388 e. The van der Waals surface area contributed by atoms with E-state index in [-0.39, 0.29) is 0 Å². The van der Waals surface area contributed by atoms with Crippen LogP contribution in [0.4, 0.5) is 0 Å². The van der Waals surface area contributed by atoms with Crippen LogP contribution in [0.5, 0.6) is 0 Å². The van der Waals surface area contributed by atoms with Gasteiger partial charge >= 0.3 is 0 Å². The van der Waals surface area contributed by atoms with Crippen LogP contribution in [0.1, 0.15) is 37.0 Å². The Morgan fingerprint density at radius 3 is 2.83 bits per heavy atom. The van der Waals surface area contributed by atoms with Crippen LogP contribution >= 0.6 is 0 Å². The number of rotatable bonds is 5. The van der Waals surface area contributed by atoms with Crippen molar-refractivity contribution in [3.05, 3.63) is 29.6 Å². The SMILES string of the molecule is CCc1nn(C)cc1C(O)Cc1ncnn1CC. The van der Waals surface area contributed by atoms with Gasteiger partial charge in [-0.25, -0.2) is 4.98 Å². The quantitative estimate of drug-likeness (QED) is 0.853. The van der Waals surface area contributed by atoms with E-state index in [4.69, 9.17) is 0 Å². The van der Waals surface area contributed by atoms with Crippen molar-refractivity contribution in [2.75, 3.05) is 0 Å². The Balaban J connectivity index is 2.18. The first-order chi connectivity index (χ1) is 8.65. The van der Waals surface area contributed by atoms with Crippen molar-refractivity contribution in [3.8, 4) is 0 Å². The summed E-state index contributed by atoms with van der Waals surface area (Å²) in [4.78, 5) is 4.18. The summed E-state index contributed by atoms with van der Waals surface area (Å²) in [5.74, 6) is 0.802. The number of aliphatic hydroxyl groups excluding tert-OH is 1. The van der Waals surface area contributed by atoms with Gasteiger partial charge in [0.1, 0.15) is 12.2 Å². The molecule has 18 heavy (non-hydrogen) atoms. The third-order valence-electron chi connectivity index (χ3n) is 3.00. The number of nitrogens with zero attached hydrogens (tertiary/aromatic N) is 5. The van der Waals surface area contributed by atoms with Gasteiger partial charge in [-0.3, -0.25) is 9.36 Å². The van der Waals surface area contributed by atoms with E-state index in [1.807, 2.05) is 27.1 Å². The lowest BCUT2D eigenvalue weighted by Crippen LogP contribution is -2.10. The Kier molecular flexibility index (Phi) is 3.76. The molecule has 1 atom stereocenters. The van der Waals surface area contributed by atoms with E-state index in [2.05, 4.69) is 15.2 Å². The number of hydrogen-bond acceptors (Lipinski definition) is 4. The monoisotopic (exact) mass is 249 g/mol. The zero-order valence-corrected chi connectivity index (χ0v) is 11.0. The zero-order chi connectivity index (χ0) is 13.1. The second kappa shape index (κ2) is 5.30. The fourth-order valence-electron chi connectivity index (χ4n) is 2.10. The van der Waals surface area contributed by atoms with Gasteiger partial charge < -0.3 is 5.11 Å². The molecule has 0 aliphatic rings. The summed E-state index contributed by atoms with van der Waals surface area (Å²) in [6.45, 7) is 4.80. The van der Waals surface area contributed by atoms with Crippen molar-refractivity contribution >= 4 is 0 Å². The predicted octanol–water partition coefficient (Wildman–Crippen LogP) is 0.870. The normalized spacial score (nSPS) is 12.9. The molecule has 0 aliphatic carbocycles. The molecule has 0 saturated carbocycles. The van der Waals surface area contributed by atoms with Gasteiger partial charge in [-0.1, -0.05) is 6.92 Å². The average Bonchev–Trinajstić information content (AvgIpc) is 2.94. The molecule has 0 saturated heterocycles. The van der Waals surface area contributed by atoms with Gasteiger partial charge in [-0.2, -0.15) is 10.2 Å². The third kappa shape index (κ3) is 2.43. The first-order valence-corrected chi connectivity index (χ1v) is 6.22. The second-order valence-corrected chi connectivity index (χ2v) is 4.27. The maximum absolute atomic E-state index is 10.3. The number of aryl methyl sites for hydroxylation is 3. The van der Waals surface area contributed by atoms with E-state index in [1.165, 1.54) is 6.33 Å². The van der Waals surface area contributed by atoms with E-state index < -0.39 is 6.10 Å². The van der Waals surface area contributed by atoms with Crippen LogP contribution in [0.3, 0.4) is 0 Å². The van der Waals surface area contributed by atoms with Crippen LogP contribution in [0, 0.1) is 0 Å². The van der Waals surface area contributed by atoms with Gasteiger partial charge in [0.2, 0.25) is 0 Å². The summed E-state index contributed by atoms with van der Waals surface area (Å²) >= 11 is 0. The highest BCUT2D eigenvalue weighted by molar-refractivity contribution is 5.20. The topological polar surface area (TPSA) is 68.8 Å². The van der Waals surface area contributed by atoms with Gasteiger partial charge in [0.15, 0.2) is 0 Å². The van der Waals surface area contributed by atoms with Crippen LogP contribution in [-0.2, 0) is 26.4 Å². The van der Waals surface area contributed by atoms with E-state index >= 15 is 0 Å². The van der Waals surface area contributed by atoms with Crippen molar-refractivity contribution < 1.29 is 5.11 Å². The van der Waals surface area contributed by atoms with Gasteiger partial charge in [0.05, 0.1) is 11.8 Å². The maximum atomic E-state index is 10.3. The minimum absolute atomic E-state index is 0.465. The molecule has 2 rings (SSSR count). The molecule has 6 heteroatoms. The van der Waals surface area contributed by atoms with E-state index in [0.717, 1.165) is 30.0 Å². The summed E-state index contributed by atoms with van der Waals surface area (Å²) in [6, 6.07) is 0. The molecular weight excluding hydrogens is 230 g/mol. The molecule has 2 heterocycles. The van der Waals surface area contributed by atoms with E-state index in [0.29, 0.717) is 6.42 Å². The fraction of sp³-hybridized carbons (Fsp3) is 0.583. The number of hydrogen-bond donors (Lipinski definition) is 1. The molecule has 0 aliphatic heterocycles. The molecule has 0 radical (unpaired) electrons. The van der Waals surface area contributed by atoms with Crippen LogP contribution in [0.2, 0.25) is 0 Å². The highest BCUT2D eigenvalue weighted by Crippen LogP contribution is 2.20. The molecule has 0 amide bonds. The number of aromatic nitrogens is 5. The van der Waals surface area contributed by atoms with Gasteiger partial charge in [0, 0.05) is 31.8 Å². The minimum atomic E-state index is -0.580. The smallest absolute Gasteiger partial charge is 0.138 e. The summed E-state index contributed by atoms with van der Waals surface area (Å²) in [5, 5.41) is 18.7. The van der Waals surface area contributed by atoms with Crippen molar-refractivity contribution in [3.63, 3.8) is 0 Å². The standard InChI is InChI=1S/C12H19N5O/c1-4-10-9(7-16(3)15-10)11(18)6-12-13-8-14-17(12)5-2/h7-8,11,18H,4-6H2,1-3H3. The fourth-order valence-corrected chi connectivity index (χ4v) is 2.10. The Morgan fingerprint density at radius 2 is 2.17 bits per heavy atom. The largest absolute Gasteiger partial charge is 0.388 e. The number of aliphatic hydroxyl groups is 1. The summed E-state index contributed by atoms with van der Waals surface area (Å²) in [7, 11) is 1.87. The second-order valence-electron chi connectivity index (χ2n) is 4.27. The van der Waals surface area contributed by atoms with Gasteiger partial charge in [0.25, 0.3) is 0 Å². The highest BCUT2D eigenvalue weighted by atomic mass is 16.3. The van der Waals surface area contributed by atoms with E-state index in [1.54, 1.807) is 9.36 Å². The molecule has 0 aromatic carbocycles. The molecule has 98 valence electrons. The molecule has 0 spiro atoms. The van der Waals surface area contributed by atoms with Crippen molar-refractivity contribution in [1.82, 2.24) is 24.5 Å². The zero-order valence-electron chi connectivity index (χ0n) is 11.0. The van der Waals surface area contributed by atoms with Crippen molar-refractivity contribution in [2.24, 2.45) is 7.05 Å². The molecule has 1 unspecified atom stereocenters.